The van der Waals surface area contributed by atoms with E-state index in [1.165, 1.54) is 0 Å². The lowest BCUT2D eigenvalue weighted by molar-refractivity contribution is -0.150. The first-order chi connectivity index (χ1) is 13.5. The fraction of sp³-hybridized carbons (Fsp3) is 0.682. The van der Waals surface area contributed by atoms with E-state index < -0.39 is 0 Å². The van der Waals surface area contributed by atoms with Crippen molar-refractivity contribution >= 4 is 11.8 Å². The molecule has 2 amide bonds. The lowest BCUT2D eigenvalue weighted by atomic mass is 9.72. The predicted molar refractivity (Wildman–Crippen MR) is 107 cm³/mol. The summed E-state index contributed by atoms with van der Waals surface area (Å²) < 4.78 is 0. The number of hydrogen-bond acceptors (Lipinski definition) is 4. The van der Waals surface area contributed by atoms with Gasteiger partial charge in [-0.15, -0.1) is 0 Å². The molecule has 0 aliphatic carbocycles. The van der Waals surface area contributed by atoms with Gasteiger partial charge in [0.15, 0.2) is 0 Å². The molecule has 3 aliphatic rings. The van der Waals surface area contributed by atoms with E-state index in [4.69, 9.17) is 0 Å². The van der Waals surface area contributed by atoms with Crippen molar-refractivity contribution in [1.82, 2.24) is 20.1 Å². The van der Waals surface area contributed by atoms with Gasteiger partial charge in [0.1, 0.15) is 0 Å². The molecule has 3 saturated heterocycles. The second kappa shape index (κ2) is 7.82. The zero-order valence-corrected chi connectivity index (χ0v) is 17.0. The number of carbonyl (C=O) groups excluding carboxylic acids is 2. The first-order valence-corrected chi connectivity index (χ1v) is 10.7. The number of rotatable bonds is 3. The summed E-state index contributed by atoms with van der Waals surface area (Å²) in [5.41, 5.74) is 0.885. The van der Waals surface area contributed by atoms with Gasteiger partial charge < -0.3 is 15.1 Å². The van der Waals surface area contributed by atoms with Gasteiger partial charge in [-0.1, -0.05) is 13.0 Å². The Morgan fingerprint density at radius 2 is 2.04 bits per heavy atom. The summed E-state index contributed by atoms with van der Waals surface area (Å²) in [4.78, 5) is 34.2. The van der Waals surface area contributed by atoms with Crippen molar-refractivity contribution < 1.29 is 9.59 Å². The van der Waals surface area contributed by atoms with Crippen LogP contribution in [0.3, 0.4) is 0 Å². The Morgan fingerprint density at radius 1 is 1.21 bits per heavy atom. The van der Waals surface area contributed by atoms with Crippen molar-refractivity contribution in [3.63, 3.8) is 0 Å². The van der Waals surface area contributed by atoms with Crippen molar-refractivity contribution in [2.24, 2.45) is 10.8 Å². The fourth-order valence-electron chi connectivity index (χ4n) is 5.25. The third kappa shape index (κ3) is 3.93. The van der Waals surface area contributed by atoms with Crippen molar-refractivity contribution in [3.8, 4) is 0 Å². The number of amides is 2. The van der Waals surface area contributed by atoms with Crippen LogP contribution in [0.15, 0.2) is 24.5 Å². The van der Waals surface area contributed by atoms with Crippen LogP contribution in [0, 0.1) is 10.8 Å². The maximum absolute atomic E-state index is 13.3. The summed E-state index contributed by atoms with van der Waals surface area (Å²) in [6, 6.07) is 3.94. The second-order valence-corrected chi connectivity index (χ2v) is 9.25. The summed E-state index contributed by atoms with van der Waals surface area (Å²) in [7, 11) is 0. The second-order valence-electron chi connectivity index (χ2n) is 9.25. The number of hydrogen-bond donors (Lipinski definition) is 1. The molecule has 1 atom stereocenters. The van der Waals surface area contributed by atoms with Crippen LogP contribution in [0.2, 0.25) is 0 Å². The van der Waals surface area contributed by atoms with E-state index >= 15 is 0 Å². The maximum atomic E-state index is 13.3. The number of aromatic nitrogens is 1. The van der Waals surface area contributed by atoms with E-state index in [2.05, 4.69) is 22.1 Å². The summed E-state index contributed by atoms with van der Waals surface area (Å²) in [6.45, 7) is 7.01. The molecule has 6 heteroatoms. The molecule has 0 radical (unpaired) electrons. The first-order valence-electron chi connectivity index (χ1n) is 10.7. The standard InChI is InChI=1S/C22H32N4O2/c1-21(8-11-23-12-9-21)20(28)25-13-3-6-22(16-25)7-5-19(27)26(17-22)15-18-4-2-10-24-14-18/h2,4,10,14,23H,3,5-9,11-13,15-17H2,1H3/t22-/m0/s1. The predicted octanol–water partition coefficient (Wildman–Crippen LogP) is 2.20. The van der Waals surface area contributed by atoms with E-state index in [9.17, 15) is 9.59 Å². The van der Waals surface area contributed by atoms with Gasteiger partial charge in [-0.3, -0.25) is 14.6 Å². The third-order valence-corrected chi connectivity index (χ3v) is 7.02. The highest BCUT2D eigenvalue weighted by Gasteiger charge is 2.45. The molecule has 1 N–H and O–H groups in total. The maximum Gasteiger partial charge on any atom is 0.228 e. The van der Waals surface area contributed by atoms with Gasteiger partial charge in [-0.2, -0.15) is 0 Å². The largest absolute Gasteiger partial charge is 0.342 e. The molecule has 0 aromatic carbocycles. The lowest BCUT2D eigenvalue weighted by Crippen LogP contribution is -2.57. The normalized spacial score (nSPS) is 27.8. The first kappa shape index (κ1) is 19.4. The number of piperidine rings is 3. The van der Waals surface area contributed by atoms with Gasteiger partial charge in [0.25, 0.3) is 0 Å². The quantitative estimate of drug-likeness (QED) is 0.868. The van der Waals surface area contributed by atoms with E-state index in [1.807, 2.05) is 23.2 Å². The Bertz CT molecular complexity index is 717. The fourth-order valence-corrected chi connectivity index (χ4v) is 5.25. The molecular formula is C22H32N4O2. The smallest absolute Gasteiger partial charge is 0.228 e. The SMILES string of the molecule is CC1(C(=O)N2CCC[C@]3(CCC(=O)N(Cc4cccnc4)C3)C2)CCNCC1. The van der Waals surface area contributed by atoms with Crippen LogP contribution in [0.5, 0.6) is 0 Å². The zero-order valence-electron chi connectivity index (χ0n) is 17.0. The number of nitrogens with zero attached hydrogens (tertiary/aromatic N) is 3. The number of carbonyl (C=O) groups is 2. The summed E-state index contributed by atoms with van der Waals surface area (Å²) in [5, 5.41) is 3.37. The van der Waals surface area contributed by atoms with Crippen molar-refractivity contribution in [3.05, 3.63) is 30.1 Å². The zero-order chi connectivity index (χ0) is 19.6. The Hall–Kier alpha value is -1.95. The number of likely N-dealkylation sites (tertiary alicyclic amines) is 2. The molecule has 1 aromatic rings. The molecule has 152 valence electrons. The molecule has 1 spiro atoms. The molecule has 3 fully saturated rings. The Morgan fingerprint density at radius 3 is 2.79 bits per heavy atom. The average molecular weight is 385 g/mol. The van der Waals surface area contributed by atoms with E-state index in [0.29, 0.717) is 18.9 Å². The van der Waals surface area contributed by atoms with Gasteiger partial charge in [0, 0.05) is 55.8 Å². The minimum Gasteiger partial charge on any atom is -0.342 e. The van der Waals surface area contributed by atoms with E-state index in [-0.39, 0.29) is 16.7 Å². The van der Waals surface area contributed by atoms with Crippen molar-refractivity contribution in [2.45, 2.75) is 52.0 Å². The van der Waals surface area contributed by atoms with Crippen LogP contribution in [-0.2, 0) is 16.1 Å². The molecule has 28 heavy (non-hydrogen) atoms. The highest BCUT2D eigenvalue weighted by atomic mass is 16.2. The Balaban J connectivity index is 1.46. The van der Waals surface area contributed by atoms with Crippen molar-refractivity contribution in [1.29, 1.82) is 0 Å². The van der Waals surface area contributed by atoms with E-state index in [1.54, 1.807) is 6.20 Å². The molecule has 3 aliphatic heterocycles. The molecule has 6 nitrogen and oxygen atoms in total. The van der Waals surface area contributed by atoms with Crippen LogP contribution in [0.25, 0.3) is 0 Å². The molecule has 0 saturated carbocycles. The molecule has 0 unspecified atom stereocenters. The van der Waals surface area contributed by atoms with E-state index in [0.717, 1.165) is 70.4 Å². The number of nitrogens with one attached hydrogen (secondary N) is 1. The Labute approximate surface area is 167 Å². The van der Waals surface area contributed by atoms with Crippen LogP contribution < -0.4 is 5.32 Å². The van der Waals surface area contributed by atoms with Gasteiger partial charge in [-0.25, -0.2) is 0 Å². The van der Waals surface area contributed by atoms with Gasteiger partial charge in [0.2, 0.25) is 11.8 Å². The van der Waals surface area contributed by atoms with Crippen LogP contribution in [0.1, 0.15) is 51.0 Å². The summed E-state index contributed by atoms with van der Waals surface area (Å²) in [5.74, 6) is 0.548. The van der Waals surface area contributed by atoms with Crippen LogP contribution >= 0.6 is 0 Å². The monoisotopic (exact) mass is 384 g/mol. The molecule has 4 heterocycles. The molecule has 4 rings (SSSR count). The van der Waals surface area contributed by atoms with Gasteiger partial charge in [0.05, 0.1) is 0 Å². The van der Waals surface area contributed by atoms with Gasteiger partial charge >= 0.3 is 0 Å². The van der Waals surface area contributed by atoms with Crippen molar-refractivity contribution in [2.75, 3.05) is 32.7 Å². The minimum atomic E-state index is -0.232. The number of pyridine rings is 1. The summed E-state index contributed by atoms with van der Waals surface area (Å²) >= 11 is 0. The Kier molecular flexibility index (Phi) is 5.41. The topological polar surface area (TPSA) is 65.5 Å². The highest BCUT2D eigenvalue weighted by molar-refractivity contribution is 5.83. The average Bonchev–Trinajstić information content (AvgIpc) is 2.72. The van der Waals surface area contributed by atoms with Crippen LogP contribution in [-0.4, -0.2) is 59.3 Å². The molecule has 1 aromatic heterocycles. The molecule has 0 bridgehead atoms. The van der Waals surface area contributed by atoms with Crippen LogP contribution in [0.4, 0.5) is 0 Å². The van der Waals surface area contributed by atoms with Gasteiger partial charge in [-0.05, 0) is 56.8 Å². The lowest BCUT2D eigenvalue weighted by Gasteiger charge is -2.50. The molecular weight excluding hydrogens is 352 g/mol. The third-order valence-electron chi connectivity index (χ3n) is 7.02. The highest BCUT2D eigenvalue weighted by Crippen LogP contribution is 2.41. The minimum absolute atomic E-state index is 0.0489. The summed E-state index contributed by atoms with van der Waals surface area (Å²) in [6.07, 6.45) is 9.06.